The van der Waals surface area contributed by atoms with E-state index in [4.69, 9.17) is 15.0 Å². The highest BCUT2D eigenvalue weighted by Gasteiger charge is 2.30. The average molecular weight is 251 g/mol. The molecular weight excluding hydrogens is 238 g/mol. The standard InChI is InChI=1S/C11H13N3O2S/c12-6-7-3-4-8(15-7)11-13-10(14-16-11)9-2-1-5-17-9/h1-2,5,7-8H,3-4,6,12H2. The van der Waals surface area contributed by atoms with Gasteiger partial charge in [0, 0.05) is 6.54 Å². The molecule has 2 aromatic rings. The smallest absolute Gasteiger partial charge is 0.256 e. The maximum Gasteiger partial charge on any atom is 0.256 e. The monoisotopic (exact) mass is 251 g/mol. The van der Waals surface area contributed by atoms with Gasteiger partial charge in [-0.3, -0.25) is 0 Å². The lowest BCUT2D eigenvalue weighted by Gasteiger charge is -2.07. The molecule has 6 heteroatoms. The molecule has 3 heterocycles. The second-order valence-electron chi connectivity index (χ2n) is 3.99. The van der Waals surface area contributed by atoms with E-state index in [1.54, 1.807) is 11.3 Å². The van der Waals surface area contributed by atoms with Crippen molar-refractivity contribution in [1.29, 1.82) is 0 Å². The Morgan fingerprint density at radius 1 is 1.47 bits per heavy atom. The minimum atomic E-state index is -0.0928. The van der Waals surface area contributed by atoms with Crippen LogP contribution in [0.25, 0.3) is 10.7 Å². The van der Waals surface area contributed by atoms with Crippen molar-refractivity contribution >= 4 is 11.3 Å². The van der Waals surface area contributed by atoms with Gasteiger partial charge in [0.2, 0.25) is 5.82 Å². The zero-order valence-corrected chi connectivity index (χ0v) is 10.0. The third-order valence-corrected chi connectivity index (χ3v) is 3.69. The van der Waals surface area contributed by atoms with Crippen molar-refractivity contribution in [3.05, 3.63) is 23.4 Å². The van der Waals surface area contributed by atoms with E-state index in [1.807, 2.05) is 17.5 Å². The molecule has 5 nitrogen and oxygen atoms in total. The van der Waals surface area contributed by atoms with Crippen molar-refractivity contribution in [3.8, 4) is 10.7 Å². The van der Waals surface area contributed by atoms with Crippen molar-refractivity contribution in [2.75, 3.05) is 6.54 Å². The molecule has 1 aliphatic heterocycles. The Labute approximate surface area is 103 Å². The first-order valence-electron chi connectivity index (χ1n) is 5.60. The Morgan fingerprint density at radius 2 is 2.41 bits per heavy atom. The molecule has 0 spiro atoms. The number of hydrogen-bond donors (Lipinski definition) is 1. The van der Waals surface area contributed by atoms with E-state index in [9.17, 15) is 0 Å². The maximum absolute atomic E-state index is 5.71. The van der Waals surface area contributed by atoms with Crippen LogP contribution in [-0.2, 0) is 4.74 Å². The topological polar surface area (TPSA) is 74.2 Å². The van der Waals surface area contributed by atoms with Gasteiger partial charge in [0.25, 0.3) is 5.89 Å². The van der Waals surface area contributed by atoms with Crippen LogP contribution in [0.5, 0.6) is 0 Å². The number of aromatic nitrogens is 2. The van der Waals surface area contributed by atoms with Gasteiger partial charge in [-0.2, -0.15) is 4.98 Å². The minimum Gasteiger partial charge on any atom is -0.364 e. The van der Waals surface area contributed by atoms with Gasteiger partial charge in [0.1, 0.15) is 6.10 Å². The van der Waals surface area contributed by atoms with Gasteiger partial charge in [-0.1, -0.05) is 11.2 Å². The Morgan fingerprint density at radius 3 is 3.12 bits per heavy atom. The van der Waals surface area contributed by atoms with Crippen LogP contribution in [-0.4, -0.2) is 22.8 Å². The van der Waals surface area contributed by atoms with E-state index in [1.165, 1.54) is 0 Å². The van der Waals surface area contributed by atoms with Gasteiger partial charge in [0.15, 0.2) is 0 Å². The van der Waals surface area contributed by atoms with Crippen molar-refractivity contribution < 1.29 is 9.26 Å². The van der Waals surface area contributed by atoms with Crippen molar-refractivity contribution in [3.63, 3.8) is 0 Å². The molecule has 0 amide bonds. The summed E-state index contributed by atoms with van der Waals surface area (Å²) in [4.78, 5) is 5.38. The Bertz CT molecular complexity index is 483. The lowest BCUT2D eigenvalue weighted by molar-refractivity contribution is 0.0307. The molecule has 1 saturated heterocycles. The molecule has 0 bridgehead atoms. The average Bonchev–Trinajstić information content (AvgIpc) is 3.09. The second kappa shape index (κ2) is 4.56. The van der Waals surface area contributed by atoms with Crippen LogP contribution in [0.4, 0.5) is 0 Å². The predicted molar refractivity (Wildman–Crippen MR) is 63.5 cm³/mol. The number of nitrogens with two attached hydrogens (primary N) is 1. The summed E-state index contributed by atoms with van der Waals surface area (Å²) in [6.07, 6.45) is 1.88. The highest BCUT2D eigenvalue weighted by Crippen LogP contribution is 2.32. The summed E-state index contributed by atoms with van der Waals surface area (Å²) in [5, 5.41) is 5.96. The fourth-order valence-corrected chi connectivity index (χ4v) is 2.58. The van der Waals surface area contributed by atoms with Crippen LogP contribution >= 0.6 is 11.3 Å². The molecule has 0 radical (unpaired) electrons. The summed E-state index contributed by atoms with van der Waals surface area (Å²) in [6.45, 7) is 0.544. The maximum atomic E-state index is 5.71. The molecule has 17 heavy (non-hydrogen) atoms. The first-order chi connectivity index (χ1) is 8.36. The zero-order chi connectivity index (χ0) is 11.7. The Balaban J connectivity index is 1.77. The normalized spacial score (nSPS) is 24.3. The van der Waals surface area contributed by atoms with E-state index >= 15 is 0 Å². The first-order valence-corrected chi connectivity index (χ1v) is 6.48. The third-order valence-electron chi connectivity index (χ3n) is 2.83. The molecule has 1 fully saturated rings. The highest BCUT2D eigenvalue weighted by molar-refractivity contribution is 7.13. The Hall–Kier alpha value is -1.24. The van der Waals surface area contributed by atoms with E-state index in [2.05, 4.69) is 10.1 Å². The second-order valence-corrected chi connectivity index (χ2v) is 4.94. The molecule has 0 aromatic carbocycles. The van der Waals surface area contributed by atoms with Gasteiger partial charge < -0.3 is 15.0 Å². The summed E-state index contributed by atoms with van der Waals surface area (Å²) >= 11 is 1.59. The summed E-state index contributed by atoms with van der Waals surface area (Å²) in [6, 6.07) is 3.93. The molecule has 2 atom stereocenters. The third kappa shape index (κ3) is 2.11. The van der Waals surface area contributed by atoms with E-state index in [-0.39, 0.29) is 12.2 Å². The van der Waals surface area contributed by atoms with Crippen LogP contribution in [0.3, 0.4) is 0 Å². The van der Waals surface area contributed by atoms with Crippen LogP contribution < -0.4 is 5.73 Å². The fourth-order valence-electron chi connectivity index (χ4n) is 1.93. The lowest BCUT2D eigenvalue weighted by atomic mass is 10.2. The number of ether oxygens (including phenoxy) is 1. The van der Waals surface area contributed by atoms with Crippen LogP contribution in [0, 0.1) is 0 Å². The summed E-state index contributed by atoms with van der Waals surface area (Å²) < 4.78 is 11.0. The van der Waals surface area contributed by atoms with Crippen molar-refractivity contribution in [1.82, 2.24) is 10.1 Å². The van der Waals surface area contributed by atoms with Crippen molar-refractivity contribution in [2.45, 2.75) is 25.0 Å². The van der Waals surface area contributed by atoms with Crippen molar-refractivity contribution in [2.24, 2.45) is 5.73 Å². The van der Waals surface area contributed by atoms with Gasteiger partial charge in [-0.05, 0) is 24.3 Å². The van der Waals surface area contributed by atoms with E-state index in [0.29, 0.717) is 18.3 Å². The van der Waals surface area contributed by atoms with Gasteiger partial charge in [0.05, 0.1) is 11.0 Å². The number of thiophene rings is 1. The van der Waals surface area contributed by atoms with E-state index < -0.39 is 0 Å². The summed E-state index contributed by atoms with van der Waals surface area (Å²) in [5.41, 5.74) is 5.57. The summed E-state index contributed by atoms with van der Waals surface area (Å²) in [5.74, 6) is 1.19. The van der Waals surface area contributed by atoms with Crippen LogP contribution in [0.1, 0.15) is 24.8 Å². The van der Waals surface area contributed by atoms with Gasteiger partial charge >= 0.3 is 0 Å². The predicted octanol–water partition coefficient (Wildman–Crippen LogP) is 1.98. The summed E-state index contributed by atoms with van der Waals surface area (Å²) in [7, 11) is 0. The zero-order valence-electron chi connectivity index (χ0n) is 9.20. The molecule has 1 aliphatic rings. The quantitative estimate of drug-likeness (QED) is 0.902. The molecule has 90 valence electrons. The first kappa shape index (κ1) is 10.9. The Kier molecular flexibility index (Phi) is 2.92. The molecule has 0 aliphatic carbocycles. The van der Waals surface area contributed by atoms with E-state index in [0.717, 1.165) is 17.7 Å². The molecular formula is C11H13N3O2S. The number of rotatable bonds is 3. The minimum absolute atomic E-state index is 0.0928. The lowest BCUT2D eigenvalue weighted by Crippen LogP contribution is -2.18. The van der Waals surface area contributed by atoms with Crippen LogP contribution in [0.15, 0.2) is 22.0 Å². The SMILES string of the molecule is NCC1CCC(c2nc(-c3cccs3)no2)O1. The molecule has 2 aromatic heterocycles. The van der Waals surface area contributed by atoms with Gasteiger partial charge in [-0.25, -0.2) is 0 Å². The van der Waals surface area contributed by atoms with Crippen LogP contribution in [0.2, 0.25) is 0 Å². The molecule has 0 saturated carbocycles. The molecule has 3 rings (SSSR count). The van der Waals surface area contributed by atoms with Gasteiger partial charge in [-0.15, -0.1) is 11.3 Å². The highest BCUT2D eigenvalue weighted by atomic mass is 32.1. The fraction of sp³-hybridized carbons (Fsp3) is 0.455. The number of nitrogens with zero attached hydrogens (tertiary/aromatic N) is 2. The largest absolute Gasteiger partial charge is 0.364 e. The molecule has 2 unspecified atom stereocenters. The molecule has 2 N–H and O–H groups in total. The number of hydrogen-bond acceptors (Lipinski definition) is 6.